The van der Waals surface area contributed by atoms with Crippen LogP contribution < -0.4 is 0 Å². The van der Waals surface area contributed by atoms with Crippen molar-refractivity contribution < 1.29 is 19.4 Å². The van der Waals surface area contributed by atoms with Gasteiger partial charge < -0.3 is 19.5 Å². The molecular weight excluding hydrogens is 222 g/mol. The molecule has 17 heavy (non-hydrogen) atoms. The quantitative estimate of drug-likeness (QED) is 0.693. The van der Waals surface area contributed by atoms with Crippen LogP contribution in [0.4, 0.5) is 4.79 Å². The van der Waals surface area contributed by atoms with Crippen LogP contribution in [0.25, 0.3) is 0 Å². The average Bonchev–Trinajstić information content (AvgIpc) is 2.64. The smallest absolute Gasteiger partial charge is 0.410 e. The van der Waals surface area contributed by atoms with Crippen molar-refractivity contribution in [1.29, 1.82) is 0 Å². The van der Waals surface area contributed by atoms with Gasteiger partial charge in [-0.3, -0.25) is 0 Å². The average molecular weight is 243 g/mol. The molecule has 0 bridgehead atoms. The molecule has 0 aliphatic carbocycles. The van der Waals surface area contributed by atoms with Crippen LogP contribution in [0.3, 0.4) is 0 Å². The number of aliphatic hydroxyl groups excluding tert-OH is 1. The molecule has 0 spiro atoms. The number of fused-ring (bicyclic) bond motifs is 1. The van der Waals surface area contributed by atoms with E-state index in [2.05, 4.69) is 0 Å². The molecule has 2 heterocycles. The lowest BCUT2D eigenvalue weighted by Gasteiger charge is -2.39. The van der Waals surface area contributed by atoms with Crippen LogP contribution in [-0.4, -0.2) is 53.1 Å². The summed E-state index contributed by atoms with van der Waals surface area (Å²) >= 11 is 0. The van der Waals surface area contributed by atoms with E-state index in [1.807, 2.05) is 20.8 Å². The van der Waals surface area contributed by atoms with Crippen molar-refractivity contribution in [3.8, 4) is 0 Å². The summed E-state index contributed by atoms with van der Waals surface area (Å²) in [4.78, 5) is 13.7. The summed E-state index contributed by atoms with van der Waals surface area (Å²) in [6, 6.07) is -0.0337. The monoisotopic (exact) mass is 243 g/mol. The van der Waals surface area contributed by atoms with Gasteiger partial charge in [-0.15, -0.1) is 0 Å². The Morgan fingerprint density at radius 2 is 2.12 bits per heavy atom. The fourth-order valence-corrected chi connectivity index (χ4v) is 2.45. The van der Waals surface area contributed by atoms with Crippen molar-refractivity contribution in [3.05, 3.63) is 0 Å². The van der Waals surface area contributed by atoms with Crippen molar-refractivity contribution in [3.63, 3.8) is 0 Å². The fourth-order valence-electron chi connectivity index (χ4n) is 2.45. The van der Waals surface area contributed by atoms with Gasteiger partial charge in [0, 0.05) is 13.2 Å². The lowest BCUT2D eigenvalue weighted by molar-refractivity contribution is -0.0687. The summed E-state index contributed by atoms with van der Waals surface area (Å²) in [6.45, 7) is 6.71. The summed E-state index contributed by atoms with van der Waals surface area (Å²) in [5.41, 5.74) is -0.484. The molecule has 3 atom stereocenters. The van der Waals surface area contributed by atoms with Gasteiger partial charge in [-0.05, 0) is 33.6 Å². The van der Waals surface area contributed by atoms with Gasteiger partial charge in [0.25, 0.3) is 0 Å². The number of rotatable bonds is 0. The molecule has 2 fully saturated rings. The van der Waals surface area contributed by atoms with Gasteiger partial charge in [0.2, 0.25) is 0 Å². The molecule has 2 aliphatic heterocycles. The Morgan fingerprint density at radius 1 is 1.41 bits per heavy atom. The number of carbonyl (C=O) groups is 1. The lowest BCUT2D eigenvalue weighted by Crippen LogP contribution is -2.55. The van der Waals surface area contributed by atoms with E-state index in [0.717, 1.165) is 6.42 Å². The van der Waals surface area contributed by atoms with Gasteiger partial charge in [-0.25, -0.2) is 4.79 Å². The Bertz CT molecular complexity index is 299. The molecule has 2 saturated heterocycles. The molecule has 1 amide bonds. The lowest BCUT2D eigenvalue weighted by atomic mass is 9.96. The molecule has 0 aromatic heterocycles. The van der Waals surface area contributed by atoms with Crippen LogP contribution in [-0.2, 0) is 9.47 Å². The Hall–Kier alpha value is -0.810. The molecule has 5 nitrogen and oxygen atoms in total. The maximum absolute atomic E-state index is 12.0. The predicted molar refractivity (Wildman–Crippen MR) is 61.7 cm³/mol. The molecular formula is C12H21NO4. The molecule has 0 unspecified atom stereocenters. The standard InChI is InChI=1S/C12H21NO4/c1-12(2,3)17-11(15)13-6-4-9(14)10-8(13)5-7-16-10/h8-10,14H,4-7H2,1-3H3/t8-,9+,10-/m1/s1. The second-order valence-electron chi connectivity index (χ2n) is 5.72. The number of aliphatic hydroxyl groups is 1. The normalized spacial score (nSPS) is 33.4. The first-order valence-corrected chi connectivity index (χ1v) is 6.18. The van der Waals surface area contributed by atoms with Gasteiger partial charge in [0.05, 0.1) is 12.1 Å². The minimum Gasteiger partial charge on any atom is -0.444 e. The van der Waals surface area contributed by atoms with E-state index >= 15 is 0 Å². The molecule has 0 saturated carbocycles. The summed E-state index contributed by atoms with van der Waals surface area (Å²) < 4.78 is 10.9. The number of amides is 1. The van der Waals surface area contributed by atoms with Crippen LogP contribution in [0.2, 0.25) is 0 Å². The molecule has 1 N–H and O–H groups in total. The number of carbonyl (C=O) groups excluding carboxylic acids is 1. The molecule has 0 aromatic carbocycles. The van der Waals surface area contributed by atoms with Crippen LogP contribution in [0.15, 0.2) is 0 Å². The largest absolute Gasteiger partial charge is 0.444 e. The van der Waals surface area contributed by atoms with Gasteiger partial charge in [-0.2, -0.15) is 0 Å². The Morgan fingerprint density at radius 3 is 2.76 bits per heavy atom. The maximum atomic E-state index is 12.0. The summed E-state index contributed by atoms with van der Waals surface area (Å²) in [7, 11) is 0. The van der Waals surface area contributed by atoms with Crippen molar-refractivity contribution >= 4 is 6.09 Å². The van der Waals surface area contributed by atoms with E-state index in [4.69, 9.17) is 9.47 Å². The Balaban J connectivity index is 2.03. The number of nitrogens with zero attached hydrogens (tertiary/aromatic N) is 1. The molecule has 2 rings (SSSR count). The number of piperidine rings is 1. The number of likely N-dealkylation sites (tertiary alicyclic amines) is 1. The van der Waals surface area contributed by atoms with Gasteiger partial charge in [0.15, 0.2) is 0 Å². The van der Waals surface area contributed by atoms with E-state index in [-0.39, 0.29) is 18.2 Å². The number of hydrogen-bond acceptors (Lipinski definition) is 4. The predicted octanol–water partition coefficient (Wildman–Crippen LogP) is 1.15. The summed E-state index contributed by atoms with van der Waals surface area (Å²) in [5, 5.41) is 9.81. The fraction of sp³-hybridized carbons (Fsp3) is 0.917. The highest BCUT2D eigenvalue weighted by atomic mass is 16.6. The van der Waals surface area contributed by atoms with Crippen molar-refractivity contribution in [2.75, 3.05) is 13.2 Å². The molecule has 2 aliphatic rings. The number of ether oxygens (including phenoxy) is 2. The minimum atomic E-state index is -0.484. The SMILES string of the molecule is CC(C)(C)OC(=O)N1CC[C@H](O)[C@@H]2OCC[C@H]21. The highest BCUT2D eigenvalue weighted by Gasteiger charge is 2.44. The highest BCUT2D eigenvalue weighted by molar-refractivity contribution is 5.69. The zero-order valence-corrected chi connectivity index (χ0v) is 10.7. The van der Waals surface area contributed by atoms with E-state index in [0.29, 0.717) is 19.6 Å². The van der Waals surface area contributed by atoms with Crippen molar-refractivity contribution in [2.45, 2.75) is 57.5 Å². The minimum absolute atomic E-state index is 0.0337. The third-order valence-electron chi connectivity index (χ3n) is 3.18. The van der Waals surface area contributed by atoms with Crippen LogP contribution in [0.5, 0.6) is 0 Å². The first kappa shape index (κ1) is 12.6. The van der Waals surface area contributed by atoms with Crippen LogP contribution >= 0.6 is 0 Å². The van der Waals surface area contributed by atoms with E-state index in [9.17, 15) is 9.90 Å². The molecule has 0 radical (unpaired) electrons. The van der Waals surface area contributed by atoms with E-state index in [1.54, 1.807) is 4.90 Å². The second-order valence-corrected chi connectivity index (χ2v) is 5.72. The molecule has 5 heteroatoms. The topological polar surface area (TPSA) is 59.0 Å². The highest BCUT2D eigenvalue weighted by Crippen LogP contribution is 2.29. The van der Waals surface area contributed by atoms with Gasteiger partial charge in [0.1, 0.15) is 11.7 Å². The van der Waals surface area contributed by atoms with Crippen LogP contribution in [0.1, 0.15) is 33.6 Å². The van der Waals surface area contributed by atoms with Gasteiger partial charge in [-0.1, -0.05) is 0 Å². The van der Waals surface area contributed by atoms with Crippen molar-refractivity contribution in [2.24, 2.45) is 0 Å². The molecule has 98 valence electrons. The van der Waals surface area contributed by atoms with Gasteiger partial charge >= 0.3 is 6.09 Å². The van der Waals surface area contributed by atoms with E-state index in [1.165, 1.54) is 0 Å². The Kier molecular flexibility index (Phi) is 3.32. The van der Waals surface area contributed by atoms with Crippen LogP contribution in [0, 0.1) is 0 Å². The van der Waals surface area contributed by atoms with E-state index < -0.39 is 11.7 Å². The zero-order valence-electron chi connectivity index (χ0n) is 10.7. The van der Waals surface area contributed by atoms with Crippen molar-refractivity contribution in [1.82, 2.24) is 4.90 Å². The Labute approximate surface area is 102 Å². The first-order valence-electron chi connectivity index (χ1n) is 6.18. The first-order chi connectivity index (χ1) is 7.88. The third kappa shape index (κ3) is 2.72. The maximum Gasteiger partial charge on any atom is 0.410 e. The number of hydrogen-bond donors (Lipinski definition) is 1. The third-order valence-corrected chi connectivity index (χ3v) is 3.18. The summed E-state index contributed by atoms with van der Waals surface area (Å²) in [6.07, 6.45) is 0.337. The summed E-state index contributed by atoms with van der Waals surface area (Å²) in [5.74, 6) is 0. The molecule has 0 aromatic rings. The zero-order chi connectivity index (χ0) is 12.6. The second kappa shape index (κ2) is 4.46.